The van der Waals surface area contributed by atoms with Gasteiger partial charge in [0, 0.05) is 38.8 Å². The van der Waals surface area contributed by atoms with Gasteiger partial charge in [-0.15, -0.1) is 0 Å². The first kappa shape index (κ1) is 37.0. The zero-order chi connectivity index (χ0) is 35.4. The molecule has 5 N–H and O–H groups in total. The summed E-state index contributed by atoms with van der Waals surface area (Å²) < 4.78 is 29.5. The summed E-state index contributed by atoms with van der Waals surface area (Å²) in [5.41, 5.74) is 3.71. The highest BCUT2D eigenvalue weighted by Gasteiger charge is 2.70. The molecule has 2 aliphatic heterocycles. The predicted molar refractivity (Wildman–Crippen MR) is 176 cm³/mol. The van der Waals surface area contributed by atoms with E-state index in [4.69, 9.17) is 5.73 Å². The molecule has 14 nitrogen and oxygen atoms in total. The van der Waals surface area contributed by atoms with Gasteiger partial charge in [0.1, 0.15) is 12.1 Å². The molecule has 15 heteroatoms. The van der Waals surface area contributed by atoms with Crippen molar-refractivity contribution < 1.29 is 32.4 Å². The summed E-state index contributed by atoms with van der Waals surface area (Å²) in [5, 5.41) is 8.45. The summed E-state index contributed by atoms with van der Waals surface area (Å²) >= 11 is 0. The van der Waals surface area contributed by atoms with Crippen molar-refractivity contribution >= 4 is 39.7 Å². The minimum atomic E-state index is -3.64. The largest absolute Gasteiger partial charge is 0.363 e. The molecule has 47 heavy (non-hydrogen) atoms. The fourth-order valence-electron chi connectivity index (χ4n) is 7.06. The molecule has 4 rings (SSSR count). The first-order valence-corrected chi connectivity index (χ1v) is 18.2. The van der Waals surface area contributed by atoms with Crippen molar-refractivity contribution in [3.63, 3.8) is 0 Å². The van der Waals surface area contributed by atoms with Gasteiger partial charge in [0.2, 0.25) is 17.6 Å². The van der Waals surface area contributed by atoms with Crippen molar-refractivity contribution in [2.45, 2.75) is 106 Å². The van der Waals surface area contributed by atoms with Gasteiger partial charge in [-0.25, -0.2) is 4.79 Å². The first-order valence-electron chi connectivity index (χ1n) is 16.8. The van der Waals surface area contributed by atoms with Gasteiger partial charge >= 0.3 is 6.03 Å². The molecule has 0 radical (unpaired) electrons. The van der Waals surface area contributed by atoms with E-state index in [0.29, 0.717) is 32.1 Å². The third-order valence-corrected chi connectivity index (χ3v) is 12.5. The molecule has 266 valence electrons. The average molecular weight is 682 g/mol. The number of piperidine rings is 1. The molecule has 4 aliphatic rings. The minimum Gasteiger partial charge on any atom is -0.363 e. The Balaban J connectivity index is 1.49. The third kappa shape index (κ3) is 7.77. The number of ketones is 1. The van der Waals surface area contributed by atoms with Crippen LogP contribution in [0.1, 0.15) is 81.6 Å². The summed E-state index contributed by atoms with van der Waals surface area (Å²) in [7, 11) is -3.64. The second-order valence-corrected chi connectivity index (χ2v) is 18.5. The normalized spacial score (nSPS) is 27.3. The van der Waals surface area contributed by atoms with Crippen LogP contribution in [0.3, 0.4) is 0 Å². The minimum absolute atomic E-state index is 0.0516. The van der Waals surface area contributed by atoms with Crippen LogP contribution in [-0.4, -0.2) is 108 Å². The monoisotopic (exact) mass is 681 g/mol. The lowest BCUT2D eigenvalue weighted by Crippen LogP contribution is -2.62. The Kier molecular flexibility index (Phi) is 10.2. The van der Waals surface area contributed by atoms with Gasteiger partial charge in [-0.05, 0) is 53.3 Å². The molecule has 0 aromatic carbocycles. The molecule has 0 aromatic heterocycles. The molecule has 5 amide bonds. The second kappa shape index (κ2) is 12.9. The van der Waals surface area contributed by atoms with E-state index in [9.17, 15) is 32.4 Å². The van der Waals surface area contributed by atoms with E-state index in [1.54, 1.807) is 6.92 Å². The Bertz CT molecular complexity index is 1380. The third-order valence-electron chi connectivity index (χ3n) is 10.6. The van der Waals surface area contributed by atoms with E-state index in [0.717, 1.165) is 12.8 Å². The molecule has 6 atom stereocenters. The highest BCUT2D eigenvalue weighted by atomic mass is 32.2. The SMILES string of the molecule is CCC(NC(=O)[C@@H]1[C@@H]2[C@H](CN1C(=O)[C@@H](NC(=O)N[C@H](CN1CCN(CC3CC3)S1(=O)=O)C(C)(C)C)C(C)(C)C)C2(C)C)C(=O)C(N)=O. The van der Waals surface area contributed by atoms with E-state index in [-0.39, 0.29) is 30.2 Å². The van der Waals surface area contributed by atoms with Crippen molar-refractivity contribution in [3.8, 4) is 0 Å². The number of nitrogens with one attached hydrogen (secondary N) is 3. The number of likely N-dealkylation sites (tertiary alicyclic amines) is 1. The Labute approximate surface area is 279 Å². The molecule has 0 spiro atoms. The average Bonchev–Trinajstić information content (AvgIpc) is 3.76. The number of Topliss-reactive ketones (excluding diaryl/α,β-unsaturated/α-hetero) is 1. The molecule has 2 aliphatic carbocycles. The number of urea groups is 1. The highest BCUT2D eigenvalue weighted by Crippen LogP contribution is 2.65. The Morgan fingerprint density at radius 3 is 2.02 bits per heavy atom. The van der Waals surface area contributed by atoms with Crippen LogP contribution in [0.4, 0.5) is 4.79 Å². The van der Waals surface area contributed by atoms with Crippen molar-refractivity contribution in [1.82, 2.24) is 29.5 Å². The van der Waals surface area contributed by atoms with Gasteiger partial charge in [-0.2, -0.15) is 17.0 Å². The van der Waals surface area contributed by atoms with Crippen LogP contribution >= 0.6 is 0 Å². The number of nitrogens with zero attached hydrogens (tertiary/aromatic N) is 3. The Hall–Kier alpha value is -2.78. The number of amides is 5. The molecule has 1 unspecified atom stereocenters. The van der Waals surface area contributed by atoms with Gasteiger partial charge in [0.05, 0.1) is 6.04 Å². The lowest BCUT2D eigenvalue weighted by Gasteiger charge is -2.39. The van der Waals surface area contributed by atoms with Gasteiger partial charge in [0.25, 0.3) is 16.1 Å². The van der Waals surface area contributed by atoms with Gasteiger partial charge < -0.3 is 26.6 Å². The zero-order valence-corrected chi connectivity index (χ0v) is 30.2. The maximum Gasteiger partial charge on any atom is 0.315 e. The number of carbonyl (C=O) groups is 5. The van der Waals surface area contributed by atoms with Crippen molar-refractivity contribution in [1.29, 1.82) is 0 Å². The molecule has 4 fully saturated rings. The van der Waals surface area contributed by atoms with E-state index in [2.05, 4.69) is 16.0 Å². The fraction of sp³-hybridized carbons (Fsp3) is 0.844. The molecule has 2 saturated heterocycles. The summed E-state index contributed by atoms with van der Waals surface area (Å²) in [5.74, 6) is -2.70. The molecule has 0 aromatic rings. The maximum atomic E-state index is 14.3. The lowest BCUT2D eigenvalue weighted by atomic mass is 9.85. The molecular formula is C32H55N7O7S. The fourth-order valence-corrected chi connectivity index (χ4v) is 8.74. The molecule has 2 heterocycles. The van der Waals surface area contributed by atoms with E-state index in [1.807, 2.05) is 55.4 Å². The number of carbonyl (C=O) groups excluding carboxylic acids is 5. The van der Waals surface area contributed by atoms with Crippen LogP contribution in [0, 0.1) is 34.0 Å². The zero-order valence-electron chi connectivity index (χ0n) is 29.4. The van der Waals surface area contributed by atoms with Crippen LogP contribution in [-0.2, 0) is 29.4 Å². The number of fused-ring (bicyclic) bond motifs is 1. The molecular weight excluding hydrogens is 626 g/mol. The van der Waals surface area contributed by atoms with Crippen LogP contribution in [0.2, 0.25) is 0 Å². The predicted octanol–water partition coefficient (Wildman–Crippen LogP) is 0.820. The van der Waals surface area contributed by atoms with Gasteiger partial charge in [-0.1, -0.05) is 62.3 Å². The summed E-state index contributed by atoms with van der Waals surface area (Å²) in [6, 6.07) is -4.21. The molecule has 2 saturated carbocycles. The van der Waals surface area contributed by atoms with Crippen LogP contribution < -0.4 is 21.7 Å². The van der Waals surface area contributed by atoms with Crippen molar-refractivity contribution in [2.75, 3.05) is 32.7 Å². The van der Waals surface area contributed by atoms with Gasteiger partial charge in [0.15, 0.2) is 0 Å². The number of hydrogen-bond acceptors (Lipinski definition) is 7. The van der Waals surface area contributed by atoms with Crippen molar-refractivity contribution in [2.24, 2.45) is 39.7 Å². The van der Waals surface area contributed by atoms with E-state index in [1.165, 1.54) is 13.5 Å². The van der Waals surface area contributed by atoms with Crippen molar-refractivity contribution in [3.05, 3.63) is 0 Å². The van der Waals surface area contributed by atoms with Gasteiger partial charge in [-0.3, -0.25) is 19.2 Å². The second-order valence-electron chi connectivity index (χ2n) is 16.6. The van der Waals surface area contributed by atoms with E-state index >= 15 is 0 Å². The number of rotatable bonds is 12. The van der Waals surface area contributed by atoms with Crippen LogP contribution in [0.25, 0.3) is 0 Å². The quantitative estimate of drug-likeness (QED) is 0.219. The number of nitrogens with two attached hydrogens (primary N) is 1. The smallest absolute Gasteiger partial charge is 0.315 e. The topological polar surface area (TPSA) is 191 Å². The highest BCUT2D eigenvalue weighted by molar-refractivity contribution is 7.87. The standard InChI is InChI=1S/C32H55N7O7S/c1-10-20(24(40)26(33)41)34-27(42)23-22-19(32(22,8)9)16-39(23)28(43)25(31(5,6)7)36-29(44)35-21(30(2,3)4)17-38-14-13-37(47(38,45)46)15-18-11-12-18/h18-23,25H,10-17H2,1-9H3,(H2,33,41)(H,34,42)(H2,35,36,44)/t19-,20?,21+,22-,23-,25+/m0/s1. The number of hydrogen-bond donors (Lipinski definition) is 4. The summed E-state index contributed by atoms with van der Waals surface area (Å²) in [6.07, 6.45) is 2.24. The summed E-state index contributed by atoms with van der Waals surface area (Å²) in [4.78, 5) is 66.9. The first-order chi connectivity index (χ1) is 21.5. The Morgan fingerprint density at radius 2 is 1.51 bits per heavy atom. The Morgan fingerprint density at radius 1 is 0.915 bits per heavy atom. The summed E-state index contributed by atoms with van der Waals surface area (Å²) in [6.45, 7) is 18.6. The lowest BCUT2D eigenvalue weighted by molar-refractivity contribution is -0.145. The van der Waals surface area contributed by atoms with E-state index < -0.39 is 74.7 Å². The van der Waals surface area contributed by atoms with Crippen LogP contribution in [0.15, 0.2) is 0 Å². The number of primary amides is 1. The maximum absolute atomic E-state index is 14.3. The van der Waals surface area contributed by atoms with Crippen LogP contribution in [0.5, 0.6) is 0 Å². The molecule has 0 bridgehead atoms.